The van der Waals surface area contributed by atoms with E-state index in [9.17, 15) is 9.18 Å². The Balaban J connectivity index is 2.46. The minimum absolute atomic E-state index is 0.0989. The number of nitrogens with zero attached hydrogens (tertiary/aromatic N) is 1. The van der Waals surface area contributed by atoms with Crippen molar-refractivity contribution in [1.29, 1.82) is 0 Å². The van der Waals surface area contributed by atoms with Crippen molar-refractivity contribution in [2.24, 2.45) is 5.92 Å². The van der Waals surface area contributed by atoms with Crippen molar-refractivity contribution < 1.29 is 13.9 Å². The van der Waals surface area contributed by atoms with Crippen LogP contribution in [0.1, 0.15) is 13.8 Å². The molecule has 17 heavy (non-hydrogen) atoms. The van der Waals surface area contributed by atoms with Gasteiger partial charge in [-0.15, -0.1) is 0 Å². The summed E-state index contributed by atoms with van der Waals surface area (Å²) < 4.78 is 19.4. The summed E-state index contributed by atoms with van der Waals surface area (Å²) >= 11 is 3.22. The Bertz CT molecular complexity index is 462. The average molecular weight is 302 g/mol. The second kappa shape index (κ2) is 4.64. The molecule has 0 unspecified atom stereocenters. The van der Waals surface area contributed by atoms with E-state index in [1.807, 2.05) is 13.8 Å². The number of rotatable bonds is 2. The Hall–Kier alpha value is -1.10. The molecule has 0 bridgehead atoms. The first-order valence-electron chi connectivity index (χ1n) is 5.41. The van der Waals surface area contributed by atoms with E-state index < -0.39 is 5.82 Å². The Labute approximate surface area is 108 Å². The summed E-state index contributed by atoms with van der Waals surface area (Å²) in [5.41, 5.74) is 0.502. The van der Waals surface area contributed by atoms with Gasteiger partial charge in [0.2, 0.25) is 0 Å². The molecule has 0 saturated carbocycles. The molecule has 0 spiro atoms. The summed E-state index contributed by atoms with van der Waals surface area (Å²) in [6, 6.07) is 3.04. The van der Waals surface area contributed by atoms with E-state index in [1.54, 1.807) is 11.0 Å². The largest absolute Gasteiger partial charge is 0.478 e. The topological polar surface area (TPSA) is 29.5 Å². The third-order valence-corrected chi connectivity index (χ3v) is 2.93. The lowest BCUT2D eigenvalue weighted by Crippen LogP contribution is -2.41. The minimum Gasteiger partial charge on any atom is -0.478 e. The van der Waals surface area contributed by atoms with Gasteiger partial charge in [0.25, 0.3) is 5.91 Å². The van der Waals surface area contributed by atoms with Gasteiger partial charge in [-0.05, 0) is 18.1 Å². The van der Waals surface area contributed by atoms with Gasteiger partial charge in [0.1, 0.15) is 0 Å². The van der Waals surface area contributed by atoms with Crippen LogP contribution in [0, 0.1) is 11.7 Å². The number of ether oxygens (including phenoxy) is 1. The van der Waals surface area contributed by atoms with Gasteiger partial charge in [0, 0.05) is 11.0 Å². The molecule has 1 heterocycles. The Morgan fingerprint density at radius 3 is 2.88 bits per heavy atom. The monoisotopic (exact) mass is 301 g/mol. The third kappa shape index (κ3) is 2.44. The molecular weight excluding hydrogens is 289 g/mol. The van der Waals surface area contributed by atoms with Gasteiger partial charge in [0.15, 0.2) is 18.2 Å². The van der Waals surface area contributed by atoms with Crippen LogP contribution in [0.2, 0.25) is 0 Å². The Morgan fingerprint density at radius 1 is 1.53 bits per heavy atom. The van der Waals surface area contributed by atoms with Crippen LogP contribution in [0.25, 0.3) is 0 Å². The van der Waals surface area contributed by atoms with E-state index in [2.05, 4.69) is 15.9 Å². The second-order valence-corrected chi connectivity index (χ2v) is 5.34. The van der Waals surface area contributed by atoms with Crippen molar-refractivity contribution in [1.82, 2.24) is 0 Å². The summed E-state index contributed by atoms with van der Waals surface area (Å²) in [7, 11) is 0. The number of carbonyl (C=O) groups is 1. The normalized spacial score (nSPS) is 14.9. The SMILES string of the molecule is CC(C)CN1C(=O)COc2c(F)cc(Br)cc21. The highest BCUT2D eigenvalue weighted by molar-refractivity contribution is 9.10. The van der Waals surface area contributed by atoms with E-state index in [4.69, 9.17) is 4.74 Å². The highest BCUT2D eigenvalue weighted by Gasteiger charge is 2.28. The summed E-state index contributed by atoms with van der Waals surface area (Å²) in [6.07, 6.45) is 0. The van der Waals surface area contributed by atoms with Crippen molar-refractivity contribution in [3.05, 3.63) is 22.4 Å². The van der Waals surface area contributed by atoms with Crippen LogP contribution in [0.5, 0.6) is 5.75 Å². The fourth-order valence-corrected chi connectivity index (χ4v) is 2.22. The second-order valence-electron chi connectivity index (χ2n) is 4.42. The Kier molecular flexibility index (Phi) is 3.38. The fraction of sp³-hybridized carbons (Fsp3) is 0.417. The van der Waals surface area contributed by atoms with Gasteiger partial charge in [0.05, 0.1) is 5.69 Å². The quantitative estimate of drug-likeness (QED) is 0.840. The molecule has 1 aliphatic rings. The molecule has 0 fully saturated rings. The summed E-state index contributed by atoms with van der Waals surface area (Å²) in [4.78, 5) is 13.4. The third-order valence-electron chi connectivity index (χ3n) is 2.47. The molecule has 1 aliphatic heterocycles. The van der Waals surface area contributed by atoms with Gasteiger partial charge in [-0.25, -0.2) is 4.39 Å². The van der Waals surface area contributed by atoms with Crippen LogP contribution in [0.4, 0.5) is 10.1 Å². The molecule has 3 nitrogen and oxygen atoms in total. The van der Waals surface area contributed by atoms with E-state index in [-0.39, 0.29) is 18.3 Å². The van der Waals surface area contributed by atoms with E-state index in [1.165, 1.54) is 6.07 Å². The van der Waals surface area contributed by atoms with Crippen molar-refractivity contribution in [2.45, 2.75) is 13.8 Å². The van der Waals surface area contributed by atoms with E-state index in [0.717, 1.165) is 0 Å². The fourth-order valence-electron chi connectivity index (χ4n) is 1.80. The smallest absolute Gasteiger partial charge is 0.265 e. The molecule has 0 aliphatic carbocycles. The number of fused-ring (bicyclic) bond motifs is 1. The molecule has 0 aromatic heterocycles. The zero-order valence-electron chi connectivity index (χ0n) is 9.67. The van der Waals surface area contributed by atoms with Crippen LogP contribution in [-0.2, 0) is 4.79 Å². The number of benzene rings is 1. The average Bonchev–Trinajstić information content (AvgIpc) is 2.21. The molecule has 0 saturated heterocycles. The number of carbonyl (C=O) groups excluding carboxylic acids is 1. The predicted molar refractivity (Wildman–Crippen MR) is 66.8 cm³/mol. The molecule has 5 heteroatoms. The number of amides is 1. The van der Waals surface area contributed by atoms with Crippen LogP contribution in [0.3, 0.4) is 0 Å². The van der Waals surface area contributed by atoms with E-state index in [0.29, 0.717) is 22.6 Å². The van der Waals surface area contributed by atoms with Crippen LogP contribution >= 0.6 is 15.9 Å². The standard InChI is InChI=1S/C12H13BrFNO2/c1-7(2)5-15-10-4-8(13)3-9(14)12(10)17-6-11(15)16/h3-4,7H,5-6H2,1-2H3. The molecule has 2 rings (SSSR count). The molecule has 0 radical (unpaired) electrons. The van der Waals surface area contributed by atoms with Crippen molar-refractivity contribution >= 4 is 27.5 Å². The van der Waals surface area contributed by atoms with Gasteiger partial charge < -0.3 is 9.64 Å². The first-order chi connectivity index (χ1) is 7.99. The van der Waals surface area contributed by atoms with Crippen molar-refractivity contribution in [3.8, 4) is 5.75 Å². The maximum absolute atomic E-state index is 13.7. The molecule has 1 aromatic carbocycles. The summed E-state index contributed by atoms with van der Waals surface area (Å²) in [5, 5.41) is 0. The van der Waals surface area contributed by atoms with Gasteiger partial charge in [-0.1, -0.05) is 29.8 Å². The lowest BCUT2D eigenvalue weighted by molar-refractivity contribution is -0.121. The zero-order chi connectivity index (χ0) is 12.6. The van der Waals surface area contributed by atoms with Gasteiger partial charge >= 0.3 is 0 Å². The number of hydrogen-bond donors (Lipinski definition) is 0. The first-order valence-corrected chi connectivity index (χ1v) is 6.20. The maximum Gasteiger partial charge on any atom is 0.265 e. The number of halogens is 2. The van der Waals surface area contributed by atoms with Gasteiger partial charge in [-0.2, -0.15) is 0 Å². The number of anilines is 1. The van der Waals surface area contributed by atoms with Crippen LogP contribution in [-0.4, -0.2) is 19.1 Å². The highest BCUT2D eigenvalue weighted by atomic mass is 79.9. The molecular formula is C12H13BrFNO2. The lowest BCUT2D eigenvalue weighted by atomic mass is 10.1. The van der Waals surface area contributed by atoms with Crippen molar-refractivity contribution in [3.63, 3.8) is 0 Å². The first kappa shape index (κ1) is 12.4. The molecule has 1 amide bonds. The molecule has 0 N–H and O–H groups in total. The van der Waals surface area contributed by atoms with Crippen LogP contribution < -0.4 is 9.64 Å². The summed E-state index contributed by atoms with van der Waals surface area (Å²) in [5.74, 6) is -0.111. The number of hydrogen-bond acceptors (Lipinski definition) is 2. The highest BCUT2D eigenvalue weighted by Crippen LogP contribution is 2.37. The van der Waals surface area contributed by atoms with Crippen LogP contribution in [0.15, 0.2) is 16.6 Å². The predicted octanol–water partition coefficient (Wildman–Crippen LogP) is 2.97. The van der Waals surface area contributed by atoms with E-state index >= 15 is 0 Å². The molecule has 92 valence electrons. The van der Waals surface area contributed by atoms with Gasteiger partial charge in [-0.3, -0.25) is 4.79 Å². The lowest BCUT2D eigenvalue weighted by Gasteiger charge is -2.30. The molecule has 1 aromatic rings. The zero-order valence-corrected chi connectivity index (χ0v) is 11.3. The minimum atomic E-state index is -0.448. The maximum atomic E-state index is 13.7. The Morgan fingerprint density at radius 2 is 2.24 bits per heavy atom. The molecule has 0 atom stereocenters. The van der Waals surface area contributed by atoms with Crippen molar-refractivity contribution in [2.75, 3.05) is 18.1 Å². The summed E-state index contributed by atoms with van der Waals surface area (Å²) in [6.45, 7) is 4.48.